The van der Waals surface area contributed by atoms with Crippen molar-refractivity contribution in [2.24, 2.45) is 10.9 Å². The van der Waals surface area contributed by atoms with Crippen LogP contribution in [0.5, 0.6) is 11.5 Å². The Bertz CT molecular complexity index is 516. The normalized spacial score (nSPS) is 18.4. The maximum atomic E-state index is 10.3. The van der Waals surface area contributed by atoms with Gasteiger partial charge in [-0.25, -0.2) is 0 Å². The molecule has 1 atom stereocenters. The molecule has 1 aliphatic rings. The van der Waals surface area contributed by atoms with Gasteiger partial charge in [0.1, 0.15) is 16.5 Å². The van der Waals surface area contributed by atoms with Gasteiger partial charge in [0.15, 0.2) is 0 Å². The number of hydrogen-bond acceptors (Lipinski definition) is 4. The van der Waals surface area contributed by atoms with Gasteiger partial charge in [0, 0.05) is 24.4 Å². The number of hydrogen-bond donors (Lipinski definition) is 2. The van der Waals surface area contributed by atoms with Crippen molar-refractivity contribution in [3.63, 3.8) is 0 Å². The predicted molar refractivity (Wildman–Crippen MR) is 84.7 cm³/mol. The Morgan fingerprint density at radius 1 is 1.38 bits per heavy atom. The summed E-state index contributed by atoms with van der Waals surface area (Å²) in [6.45, 7) is 3.54. The Kier molecular flexibility index (Phi) is 5.88. The molecule has 1 aromatic carbocycles. The lowest BCUT2D eigenvalue weighted by Gasteiger charge is -2.21. The summed E-state index contributed by atoms with van der Waals surface area (Å²) in [5.74, 6) is 0.848. The molecule has 116 valence electrons. The number of phenolic OH excluding ortho intramolecular Hbond substituents is 1. The van der Waals surface area contributed by atoms with Crippen LogP contribution in [0.2, 0.25) is 5.02 Å². The van der Waals surface area contributed by atoms with E-state index in [1.54, 1.807) is 6.07 Å². The fourth-order valence-corrected chi connectivity index (χ4v) is 2.72. The highest BCUT2D eigenvalue weighted by Crippen LogP contribution is 2.38. The Morgan fingerprint density at radius 2 is 2.19 bits per heavy atom. The van der Waals surface area contributed by atoms with Crippen LogP contribution in [-0.2, 0) is 0 Å². The van der Waals surface area contributed by atoms with E-state index in [9.17, 15) is 5.11 Å². The minimum Gasteiger partial charge on any atom is -0.506 e. The fourth-order valence-electron chi connectivity index (χ4n) is 2.50. The van der Waals surface area contributed by atoms with Gasteiger partial charge >= 0.3 is 0 Å². The number of phenols is 1. The zero-order valence-corrected chi connectivity index (χ0v) is 13.1. The summed E-state index contributed by atoms with van der Waals surface area (Å²) >= 11 is 6.20. The molecule has 0 fully saturated rings. The van der Waals surface area contributed by atoms with Crippen molar-refractivity contribution in [1.29, 1.82) is 0 Å². The third kappa shape index (κ3) is 3.89. The number of aromatic hydroxyl groups is 1. The topological polar surface area (TPSA) is 62.0 Å². The molecule has 0 unspecified atom stereocenters. The molecule has 0 spiro atoms. The van der Waals surface area contributed by atoms with E-state index in [0.29, 0.717) is 30.3 Å². The standard InChI is InChI=1S/C16H22ClNO3/c1-11-5-4-8-18-15(11)12-6-7-13(14(17)16(12)20)21-10-3-2-9-19/h6-7,11,19-20H,2-5,8-10H2,1H3/t11-/m1/s1. The number of unbranched alkanes of at least 4 members (excludes halogenated alkanes) is 1. The van der Waals surface area contributed by atoms with Crippen LogP contribution in [0.25, 0.3) is 0 Å². The third-order valence-electron chi connectivity index (χ3n) is 3.71. The summed E-state index contributed by atoms with van der Waals surface area (Å²) in [6.07, 6.45) is 3.61. The average molecular weight is 312 g/mol. The van der Waals surface area contributed by atoms with E-state index in [0.717, 1.165) is 31.5 Å². The second-order valence-corrected chi connectivity index (χ2v) is 5.74. The molecule has 1 aliphatic heterocycles. The number of aliphatic hydroxyl groups excluding tert-OH is 1. The van der Waals surface area contributed by atoms with Gasteiger partial charge < -0.3 is 14.9 Å². The molecule has 4 nitrogen and oxygen atoms in total. The summed E-state index contributed by atoms with van der Waals surface area (Å²) in [5.41, 5.74) is 1.63. The summed E-state index contributed by atoms with van der Waals surface area (Å²) in [7, 11) is 0. The van der Waals surface area contributed by atoms with Gasteiger partial charge in [-0.15, -0.1) is 0 Å². The molecule has 0 bridgehead atoms. The van der Waals surface area contributed by atoms with E-state index in [4.69, 9.17) is 21.4 Å². The van der Waals surface area contributed by atoms with Gasteiger partial charge in [0.2, 0.25) is 0 Å². The van der Waals surface area contributed by atoms with Crippen molar-refractivity contribution < 1.29 is 14.9 Å². The molecular formula is C16H22ClNO3. The highest BCUT2D eigenvalue weighted by atomic mass is 35.5. The molecule has 2 rings (SSSR count). The second-order valence-electron chi connectivity index (χ2n) is 5.36. The molecular weight excluding hydrogens is 290 g/mol. The Balaban J connectivity index is 2.15. The van der Waals surface area contributed by atoms with Gasteiger partial charge in [0.05, 0.1) is 6.61 Å². The summed E-state index contributed by atoms with van der Waals surface area (Å²) in [5, 5.41) is 19.3. The highest BCUT2D eigenvalue weighted by molar-refractivity contribution is 6.34. The maximum Gasteiger partial charge on any atom is 0.147 e. The van der Waals surface area contributed by atoms with Gasteiger partial charge in [0.25, 0.3) is 0 Å². The zero-order valence-electron chi connectivity index (χ0n) is 12.3. The van der Waals surface area contributed by atoms with Crippen molar-refractivity contribution in [3.05, 3.63) is 22.7 Å². The minimum absolute atomic E-state index is 0.0452. The largest absolute Gasteiger partial charge is 0.506 e. The van der Waals surface area contributed by atoms with E-state index in [1.807, 2.05) is 6.07 Å². The molecule has 1 heterocycles. The lowest BCUT2D eigenvalue weighted by molar-refractivity contribution is 0.253. The van der Waals surface area contributed by atoms with Gasteiger partial charge in [-0.05, 0) is 43.7 Å². The third-order valence-corrected chi connectivity index (χ3v) is 4.08. The van der Waals surface area contributed by atoms with Crippen LogP contribution in [0.4, 0.5) is 0 Å². The number of nitrogens with zero attached hydrogens (tertiary/aromatic N) is 1. The zero-order chi connectivity index (χ0) is 15.2. The summed E-state index contributed by atoms with van der Waals surface area (Å²) in [4.78, 5) is 4.53. The van der Waals surface area contributed by atoms with Crippen LogP contribution in [0.15, 0.2) is 17.1 Å². The SMILES string of the molecule is C[C@@H]1CCCN=C1c1ccc(OCCCCO)c(Cl)c1O. The first-order valence-corrected chi connectivity index (χ1v) is 7.82. The predicted octanol–water partition coefficient (Wildman–Crippen LogP) is 3.42. The number of ether oxygens (including phenoxy) is 1. The first kappa shape index (κ1) is 16.1. The maximum absolute atomic E-state index is 10.3. The molecule has 1 aromatic rings. The highest BCUT2D eigenvalue weighted by Gasteiger charge is 2.22. The number of benzene rings is 1. The van der Waals surface area contributed by atoms with Gasteiger partial charge in [-0.2, -0.15) is 0 Å². The van der Waals surface area contributed by atoms with E-state index < -0.39 is 0 Å². The van der Waals surface area contributed by atoms with Crippen LogP contribution >= 0.6 is 11.6 Å². The molecule has 2 N–H and O–H groups in total. The Morgan fingerprint density at radius 3 is 2.90 bits per heavy atom. The van der Waals surface area contributed by atoms with E-state index >= 15 is 0 Å². The average Bonchev–Trinajstić information content (AvgIpc) is 2.49. The van der Waals surface area contributed by atoms with Crippen LogP contribution in [-0.4, -0.2) is 35.7 Å². The molecule has 0 aliphatic carbocycles. The molecule has 21 heavy (non-hydrogen) atoms. The lowest BCUT2D eigenvalue weighted by atomic mass is 9.91. The molecule has 0 radical (unpaired) electrons. The number of aliphatic hydroxyl groups is 1. The van der Waals surface area contributed by atoms with Crippen molar-refractivity contribution in [3.8, 4) is 11.5 Å². The van der Waals surface area contributed by atoms with E-state index in [-0.39, 0.29) is 17.4 Å². The van der Waals surface area contributed by atoms with Crippen LogP contribution < -0.4 is 4.74 Å². The van der Waals surface area contributed by atoms with Crippen molar-refractivity contribution >= 4 is 17.3 Å². The Labute approximate surface area is 130 Å². The molecule has 0 saturated heterocycles. The fraction of sp³-hybridized carbons (Fsp3) is 0.562. The monoisotopic (exact) mass is 311 g/mol. The Hall–Kier alpha value is -1.26. The summed E-state index contributed by atoms with van der Waals surface area (Å²) < 4.78 is 5.55. The molecule has 0 aromatic heterocycles. The number of halogens is 1. The summed E-state index contributed by atoms with van der Waals surface area (Å²) in [6, 6.07) is 3.60. The first-order valence-electron chi connectivity index (χ1n) is 7.45. The lowest BCUT2D eigenvalue weighted by Crippen LogP contribution is -2.18. The van der Waals surface area contributed by atoms with E-state index in [2.05, 4.69) is 11.9 Å². The smallest absolute Gasteiger partial charge is 0.147 e. The van der Waals surface area contributed by atoms with Crippen LogP contribution in [0.3, 0.4) is 0 Å². The van der Waals surface area contributed by atoms with Gasteiger partial charge in [-0.3, -0.25) is 4.99 Å². The number of rotatable bonds is 6. The molecule has 0 saturated carbocycles. The van der Waals surface area contributed by atoms with Crippen molar-refractivity contribution in [1.82, 2.24) is 0 Å². The quantitative estimate of drug-likeness (QED) is 0.791. The van der Waals surface area contributed by atoms with Gasteiger partial charge in [-0.1, -0.05) is 18.5 Å². The molecule has 0 amide bonds. The second kappa shape index (κ2) is 7.66. The van der Waals surface area contributed by atoms with E-state index in [1.165, 1.54) is 0 Å². The van der Waals surface area contributed by atoms with Crippen molar-refractivity contribution in [2.75, 3.05) is 19.8 Å². The van der Waals surface area contributed by atoms with Crippen LogP contribution in [0, 0.1) is 5.92 Å². The molecule has 5 heteroatoms. The van der Waals surface area contributed by atoms with Crippen molar-refractivity contribution in [2.45, 2.75) is 32.6 Å². The number of aliphatic imine (C=N–C) groups is 1. The first-order chi connectivity index (χ1) is 10.1. The minimum atomic E-state index is 0.0452. The van der Waals surface area contributed by atoms with Crippen LogP contribution in [0.1, 0.15) is 38.2 Å².